The van der Waals surface area contributed by atoms with Crippen molar-refractivity contribution < 1.29 is 0 Å². The van der Waals surface area contributed by atoms with Gasteiger partial charge in [0.1, 0.15) is 0 Å². The van der Waals surface area contributed by atoms with Gasteiger partial charge in [-0.2, -0.15) is 0 Å². The summed E-state index contributed by atoms with van der Waals surface area (Å²) in [6.45, 7) is 4.47. The van der Waals surface area contributed by atoms with Crippen molar-refractivity contribution >= 4 is 76.2 Å². The molecule has 39 heavy (non-hydrogen) atoms. The van der Waals surface area contributed by atoms with Crippen molar-refractivity contribution in [2.24, 2.45) is 0 Å². The van der Waals surface area contributed by atoms with Crippen LogP contribution in [0.3, 0.4) is 0 Å². The van der Waals surface area contributed by atoms with Gasteiger partial charge in [0, 0.05) is 37.5 Å². The molecular formula is C37H29NS. The van der Waals surface area contributed by atoms with Crippen LogP contribution in [0.4, 0.5) is 0 Å². The summed E-state index contributed by atoms with van der Waals surface area (Å²) >= 11 is 1.94. The van der Waals surface area contributed by atoms with Gasteiger partial charge < -0.3 is 4.57 Å². The van der Waals surface area contributed by atoms with Crippen LogP contribution in [0.1, 0.15) is 42.5 Å². The van der Waals surface area contributed by atoms with Crippen molar-refractivity contribution in [2.45, 2.75) is 33.1 Å². The Morgan fingerprint density at radius 2 is 1.51 bits per heavy atom. The second-order valence-electron chi connectivity index (χ2n) is 10.5. The lowest BCUT2D eigenvalue weighted by Gasteiger charge is -2.21. The summed E-state index contributed by atoms with van der Waals surface area (Å²) in [4.78, 5) is 0. The van der Waals surface area contributed by atoms with Crippen LogP contribution in [0.25, 0.3) is 70.6 Å². The number of hydrogen-bond acceptors (Lipinski definition) is 1. The van der Waals surface area contributed by atoms with Crippen molar-refractivity contribution in [3.63, 3.8) is 0 Å². The standard InChI is InChI=1S/C37H29NS/c1-3-14-29-24(4-2)25-17-8-9-18-26(25)33-34-28-20-11-10-19-27(28)32-30-21-12-13-22-31(30)39-37(32)36(34)38(35(29)33)23-15-6-5-7-16-23/h3,5-7,9-16,18-22H,4,8,17H2,1-2H3/b14-3-. The van der Waals surface area contributed by atoms with Crippen LogP contribution >= 0.6 is 11.3 Å². The molecule has 2 heterocycles. The first-order valence-corrected chi connectivity index (χ1v) is 14.9. The Bertz CT molecular complexity index is 2150. The second-order valence-corrected chi connectivity index (χ2v) is 11.6. The van der Waals surface area contributed by atoms with Crippen molar-refractivity contribution in [3.05, 3.63) is 113 Å². The Kier molecular flexibility index (Phi) is 5.08. The molecule has 0 unspecified atom stereocenters. The van der Waals surface area contributed by atoms with Gasteiger partial charge in [-0.15, -0.1) is 11.3 Å². The predicted molar refractivity (Wildman–Crippen MR) is 173 cm³/mol. The van der Waals surface area contributed by atoms with Crippen LogP contribution in [0.2, 0.25) is 0 Å². The molecule has 0 saturated heterocycles. The fourth-order valence-corrected chi connectivity index (χ4v) is 8.33. The topological polar surface area (TPSA) is 4.93 Å². The van der Waals surface area contributed by atoms with Crippen molar-refractivity contribution in [3.8, 4) is 5.69 Å². The van der Waals surface area contributed by atoms with Gasteiger partial charge in [-0.1, -0.05) is 91.9 Å². The summed E-state index contributed by atoms with van der Waals surface area (Å²) in [5, 5.41) is 8.22. The molecule has 0 fully saturated rings. The zero-order valence-electron chi connectivity index (χ0n) is 22.3. The van der Waals surface area contributed by atoms with Gasteiger partial charge in [0.05, 0.1) is 15.7 Å². The quantitative estimate of drug-likeness (QED) is 0.219. The molecule has 0 N–H and O–H groups in total. The van der Waals surface area contributed by atoms with Gasteiger partial charge in [0.25, 0.3) is 0 Å². The maximum atomic E-state index is 2.59. The third-order valence-electron chi connectivity index (χ3n) is 8.53. The molecule has 7 aromatic rings. The number of allylic oxidation sites excluding steroid dienone is 2. The molecule has 0 atom stereocenters. The van der Waals surface area contributed by atoms with Crippen LogP contribution in [0.15, 0.2) is 91.0 Å². The highest BCUT2D eigenvalue weighted by Crippen LogP contribution is 2.50. The first kappa shape index (κ1) is 22.8. The maximum Gasteiger partial charge on any atom is 0.0726 e. The van der Waals surface area contributed by atoms with E-state index in [1.54, 1.807) is 0 Å². The normalized spacial score (nSPS) is 13.6. The molecule has 1 aliphatic rings. The smallest absolute Gasteiger partial charge is 0.0726 e. The average molecular weight is 520 g/mol. The van der Waals surface area contributed by atoms with E-state index in [-0.39, 0.29) is 0 Å². The van der Waals surface area contributed by atoms with E-state index < -0.39 is 0 Å². The molecule has 0 saturated carbocycles. The Labute approximate surface area is 232 Å². The van der Waals surface area contributed by atoms with Gasteiger partial charge in [-0.3, -0.25) is 0 Å². The minimum atomic E-state index is 1.03. The zero-order valence-corrected chi connectivity index (χ0v) is 23.1. The lowest BCUT2D eigenvalue weighted by Crippen LogP contribution is -2.05. The van der Waals surface area contributed by atoms with E-state index in [2.05, 4.69) is 122 Å². The van der Waals surface area contributed by atoms with E-state index in [0.717, 1.165) is 19.3 Å². The van der Waals surface area contributed by atoms with Crippen LogP contribution in [0.5, 0.6) is 0 Å². The molecule has 0 aliphatic heterocycles. The van der Waals surface area contributed by atoms with E-state index in [9.17, 15) is 0 Å². The highest BCUT2D eigenvalue weighted by atomic mass is 32.1. The SMILES string of the molecule is C/C=C\c1c(CC)c2c(c3c4c5ccccc5c5c6ccccc6sc5c4n(-c4ccccc4)c13)C=CCC2. The number of thiophene rings is 1. The van der Waals surface area contributed by atoms with Crippen LogP contribution in [-0.4, -0.2) is 4.57 Å². The number of hydrogen-bond donors (Lipinski definition) is 0. The molecule has 0 radical (unpaired) electrons. The summed E-state index contributed by atoms with van der Waals surface area (Å²) in [6, 6.07) is 29.0. The summed E-state index contributed by atoms with van der Waals surface area (Å²) in [5.41, 5.74) is 9.73. The summed E-state index contributed by atoms with van der Waals surface area (Å²) in [5.74, 6) is 0. The predicted octanol–water partition coefficient (Wildman–Crippen LogP) is 10.9. The van der Waals surface area contributed by atoms with Gasteiger partial charge in [0.2, 0.25) is 0 Å². The Hall–Kier alpha value is -4.14. The first-order valence-electron chi connectivity index (χ1n) is 14.0. The number of benzene rings is 5. The molecule has 2 heteroatoms. The largest absolute Gasteiger partial charge is 0.307 e. The van der Waals surface area contributed by atoms with Gasteiger partial charge >= 0.3 is 0 Å². The van der Waals surface area contributed by atoms with Gasteiger partial charge in [0.15, 0.2) is 0 Å². The third-order valence-corrected chi connectivity index (χ3v) is 9.71. The third kappa shape index (κ3) is 3.07. The maximum absolute atomic E-state index is 2.59. The number of aromatic nitrogens is 1. The fraction of sp³-hybridized carbons (Fsp3) is 0.135. The summed E-state index contributed by atoms with van der Waals surface area (Å²) in [6.07, 6.45) is 12.6. The number of para-hydroxylation sites is 1. The Morgan fingerprint density at radius 1 is 0.795 bits per heavy atom. The van der Waals surface area contributed by atoms with E-state index >= 15 is 0 Å². The molecule has 188 valence electrons. The van der Waals surface area contributed by atoms with Crippen LogP contribution in [0, 0.1) is 0 Å². The Morgan fingerprint density at radius 3 is 2.28 bits per heavy atom. The molecule has 1 aliphatic carbocycles. The fourth-order valence-electron chi connectivity index (χ4n) is 7.07. The number of nitrogens with zero attached hydrogens (tertiary/aromatic N) is 1. The van der Waals surface area contributed by atoms with Crippen molar-refractivity contribution in [1.82, 2.24) is 4.57 Å². The molecule has 5 aromatic carbocycles. The van der Waals surface area contributed by atoms with Crippen LogP contribution in [-0.2, 0) is 12.8 Å². The first-order chi connectivity index (χ1) is 19.3. The monoisotopic (exact) mass is 519 g/mol. The highest BCUT2D eigenvalue weighted by molar-refractivity contribution is 7.27. The van der Waals surface area contributed by atoms with Gasteiger partial charge in [-0.05, 0) is 71.8 Å². The number of fused-ring (bicyclic) bond motifs is 12. The van der Waals surface area contributed by atoms with E-state index in [1.165, 1.54) is 80.7 Å². The molecule has 8 rings (SSSR count). The van der Waals surface area contributed by atoms with E-state index in [0.29, 0.717) is 0 Å². The van der Waals surface area contributed by atoms with Crippen molar-refractivity contribution in [2.75, 3.05) is 0 Å². The summed E-state index contributed by atoms with van der Waals surface area (Å²) in [7, 11) is 0. The second kappa shape index (κ2) is 8.69. The Balaban J connectivity index is 1.79. The van der Waals surface area contributed by atoms with Crippen LogP contribution < -0.4 is 0 Å². The summed E-state index contributed by atoms with van der Waals surface area (Å²) < 4.78 is 5.31. The molecule has 1 nitrogen and oxygen atoms in total. The minimum absolute atomic E-state index is 1.03. The average Bonchev–Trinajstić information content (AvgIpc) is 3.55. The molecular weight excluding hydrogens is 490 g/mol. The number of rotatable bonds is 3. The van der Waals surface area contributed by atoms with Crippen molar-refractivity contribution in [1.29, 1.82) is 0 Å². The minimum Gasteiger partial charge on any atom is -0.307 e. The molecule has 0 bridgehead atoms. The zero-order chi connectivity index (χ0) is 26.1. The highest BCUT2D eigenvalue weighted by Gasteiger charge is 2.27. The molecule has 2 aromatic heterocycles. The molecule has 0 spiro atoms. The molecule has 0 amide bonds. The van der Waals surface area contributed by atoms with Gasteiger partial charge in [-0.25, -0.2) is 0 Å². The lowest BCUT2D eigenvalue weighted by molar-refractivity contribution is 0.948. The lowest BCUT2D eigenvalue weighted by atomic mass is 9.84. The van der Waals surface area contributed by atoms with E-state index in [4.69, 9.17) is 0 Å². The van der Waals surface area contributed by atoms with E-state index in [1.807, 2.05) is 11.3 Å².